The lowest BCUT2D eigenvalue weighted by atomic mass is 9.86. The molecule has 2 aliphatic rings. The first-order valence-corrected chi connectivity index (χ1v) is 10.6. The van der Waals surface area contributed by atoms with Gasteiger partial charge < -0.3 is 9.15 Å². The first kappa shape index (κ1) is 19.0. The Kier molecular flexibility index (Phi) is 4.45. The normalized spacial score (nSPS) is 26.1. The maximum atomic E-state index is 12.8. The molecular weight excluding hydrogens is 380 g/mol. The Morgan fingerprint density at radius 2 is 1.50 bits per heavy atom. The van der Waals surface area contributed by atoms with Gasteiger partial charge >= 0.3 is 11.8 Å². The molecule has 1 aromatic heterocycles. The topological polar surface area (TPSA) is 64.7 Å². The number of fused-ring (bicyclic) bond motifs is 1. The number of aromatic nitrogens is 1. The van der Waals surface area contributed by atoms with Crippen LogP contribution in [0.25, 0.3) is 11.1 Å². The molecule has 0 N–H and O–H groups in total. The van der Waals surface area contributed by atoms with Gasteiger partial charge in [0.05, 0.1) is 11.6 Å². The smallest absolute Gasteiger partial charge is 0.420 e. The van der Waals surface area contributed by atoms with Gasteiger partial charge in [0.15, 0.2) is 5.58 Å². The number of rotatable bonds is 3. The van der Waals surface area contributed by atoms with Crippen LogP contribution in [0.4, 0.5) is 4.79 Å². The summed E-state index contributed by atoms with van der Waals surface area (Å²) in [5, 5.41) is 0. The molecule has 0 unspecified atom stereocenters. The highest BCUT2D eigenvalue weighted by atomic mass is 16.6. The number of oxazole rings is 1. The van der Waals surface area contributed by atoms with Crippen LogP contribution in [0, 0.1) is 0 Å². The Bertz CT molecular complexity index is 1120. The summed E-state index contributed by atoms with van der Waals surface area (Å²) in [5.41, 5.74) is 1.97. The van der Waals surface area contributed by atoms with Crippen LogP contribution in [0.1, 0.15) is 57.2 Å². The Labute approximate surface area is 175 Å². The molecule has 3 aromatic rings. The lowest BCUT2D eigenvalue weighted by Crippen LogP contribution is -2.43. The predicted molar refractivity (Wildman–Crippen MR) is 113 cm³/mol. The van der Waals surface area contributed by atoms with Crippen LogP contribution in [0.2, 0.25) is 0 Å². The van der Waals surface area contributed by atoms with Crippen molar-refractivity contribution >= 4 is 17.2 Å². The number of nitrogens with zero attached hydrogens (tertiary/aromatic N) is 2. The molecular formula is C24H26N2O4. The van der Waals surface area contributed by atoms with E-state index in [0.29, 0.717) is 5.58 Å². The van der Waals surface area contributed by atoms with Gasteiger partial charge in [0, 0.05) is 12.1 Å². The van der Waals surface area contributed by atoms with Crippen LogP contribution in [-0.2, 0) is 4.74 Å². The Morgan fingerprint density at radius 3 is 2.23 bits per heavy atom. The summed E-state index contributed by atoms with van der Waals surface area (Å²) < 4.78 is 13.0. The van der Waals surface area contributed by atoms with E-state index in [0.717, 1.165) is 36.8 Å². The SMILES string of the molecule is CC1(C)OC(=O)N(C2CCC(n3c(=O)oc4ccccc43)CC2)[C@H]1c1ccccc1. The van der Waals surface area contributed by atoms with Gasteiger partial charge in [0.25, 0.3) is 0 Å². The van der Waals surface area contributed by atoms with Crippen LogP contribution < -0.4 is 5.76 Å². The van der Waals surface area contributed by atoms with Crippen molar-refractivity contribution in [3.63, 3.8) is 0 Å². The zero-order valence-electron chi connectivity index (χ0n) is 17.3. The lowest BCUT2D eigenvalue weighted by molar-refractivity contribution is 0.0662. The van der Waals surface area contributed by atoms with Crippen molar-refractivity contribution < 1.29 is 13.9 Å². The number of amides is 1. The molecule has 156 valence electrons. The number of hydrogen-bond donors (Lipinski definition) is 0. The van der Waals surface area contributed by atoms with Gasteiger partial charge in [-0.25, -0.2) is 9.59 Å². The minimum absolute atomic E-state index is 0.0826. The van der Waals surface area contributed by atoms with Gasteiger partial charge in [-0.3, -0.25) is 9.47 Å². The zero-order chi connectivity index (χ0) is 20.9. The van der Waals surface area contributed by atoms with Crippen molar-refractivity contribution in [2.75, 3.05) is 0 Å². The number of hydrogen-bond acceptors (Lipinski definition) is 4. The van der Waals surface area contributed by atoms with Gasteiger partial charge in [-0.05, 0) is 57.2 Å². The molecule has 2 fully saturated rings. The Morgan fingerprint density at radius 1 is 0.867 bits per heavy atom. The van der Waals surface area contributed by atoms with E-state index in [4.69, 9.17) is 9.15 Å². The highest BCUT2D eigenvalue weighted by molar-refractivity contribution is 5.73. The monoisotopic (exact) mass is 406 g/mol. The summed E-state index contributed by atoms with van der Waals surface area (Å²) in [5.74, 6) is -0.302. The van der Waals surface area contributed by atoms with Crippen molar-refractivity contribution in [3.8, 4) is 0 Å². The van der Waals surface area contributed by atoms with E-state index >= 15 is 0 Å². The van der Waals surface area contributed by atoms with E-state index in [9.17, 15) is 9.59 Å². The minimum Gasteiger partial charge on any atom is -0.441 e. The van der Waals surface area contributed by atoms with E-state index < -0.39 is 5.60 Å². The van der Waals surface area contributed by atoms with Crippen LogP contribution in [0.3, 0.4) is 0 Å². The van der Waals surface area contributed by atoms with Crippen LogP contribution >= 0.6 is 0 Å². The molecule has 6 nitrogen and oxygen atoms in total. The van der Waals surface area contributed by atoms with E-state index in [1.807, 2.05) is 61.2 Å². The molecule has 1 aliphatic carbocycles. The van der Waals surface area contributed by atoms with Crippen molar-refractivity contribution in [2.45, 2.75) is 63.3 Å². The molecule has 1 atom stereocenters. The molecule has 1 saturated carbocycles. The van der Waals surface area contributed by atoms with Crippen molar-refractivity contribution in [1.82, 2.24) is 9.47 Å². The molecule has 1 aliphatic heterocycles. The maximum Gasteiger partial charge on any atom is 0.420 e. The second-order valence-electron chi connectivity index (χ2n) is 8.86. The van der Waals surface area contributed by atoms with E-state index in [-0.39, 0.29) is 30.0 Å². The van der Waals surface area contributed by atoms with Gasteiger partial charge in [-0.2, -0.15) is 0 Å². The highest BCUT2D eigenvalue weighted by Gasteiger charge is 2.51. The standard InChI is InChI=1S/C24H26N2O4/c1-24(2)21(16-8-4-3-5-9-16)26(23(28)30-24)18-14-12-17(13-15-18)25-19-10-6-7-11-20(19)29-22(25)27/h3-11,17-18,21H,12-15H2,1-2H3/t17?,18?,21-/m0/s1. The first-order valence-electron chi connectivity index (χ1n) is 10.6. The molecule has 1 saturated heterocycles. The number of cyclic esters (lactones) is 1. The van der Waals surface area contributed by atoms with Crippen LogP contribution in [-0.4, -0.2) is 27.2 Å². The van der Waals surface area contributed by atoms with E-state index in [1.54, 1.807) is 4.57 Å². The molecule has 2 heterocycles. The molecule has 0 radical (unpaired) electrons. The third kappa shape index (κ3) is 3.02. The Hall–Kier alpha value is -3.02. The zero-order valence-corrected chi connectivity index (χ0v) is 17.3. The molecule has 5 rings (SSSR count). The number of carbonyl (C=O) groups is 1. The van der Waals surface area contributed by atoms with Gasteiger partial charge in [-0.1, -0.05) is 42.5 Å². The molecule has 6 heteroatoms. The van der Waals surface area contributed by atoms with Crippen LogP contribution in [0.15, 0.2) is 63.8 Å². The van der Waals surface area contributed by atoms with Gasteiger partial charge in [-0.15, -0.1) is 0 Å². The summed E-state index contributed by atoms with van der Waals surface area (Å²) in [6, 6.07) is 17.7. The molecule has 0 bridgehead atoms. The number of para-hydroxylation sites is 2. The van der Waals surface area contributed by atoms with Gasteiger partial charge in [0.2, 0.25) is 0 Å². The summed E-state index contributed by atoms with van der Waals surface area (Å²) in [6.07, 6.45) is 3.04. The van der Waals surface area contributed by atoms with Crippen molar-refractivity contribution in [1.29, 1.82) is 0 Å². The maximum absolute atomic E-state index is 12.8. The predicted octanol–water partition coefficient (Wildman–Crippen LogP) is 5.05. The minimum atomic E-state index is -0.590. The van der Waals surface area contributed by atoms with Crippen molar-refractivity contribution in [3.05, 3.63) is 70.7 Å². The van der Waals surface area contributed by atoms with Crippen LogP contribution in [0.5, 0.6) is 0 Å². The lowest BCUT2D eigenvalue weighted by Gasteiger charge is -2.38. The number of ether oxygens (including phenoxy) is 1. The number of carbonyl (C=O) groups excluding carboxylic acids is 1. The summed E-state index contributed by atoms with van der Waals surface area (Å²) in [6.45, 7) is 3.96. The second kappa shape index (κ2) is 7.04. The molecule has 30 heavy (non-hydrogen) atoms. The second-order valence-corrected chi connectivity index (χ2v) is 8.86. The summed E-state index contributed by atoms with van der Waals surface area (Å²) in [7, 11) is 0. The van der Waals surface area contributed by atoms with E-state index in [1.165, 1.54) is 0 Å². The Balaban J connectivity index is 1.40. The third-order valence-electron chi connectivity index (χ3n) is 6.56. The average Bonchev–Trinajstić information content (AvgIpc) is 3.20. The fraction of sp³-hybridized carbons (Fsp3) is 0.417. The molecule has 0 spiro atoms. The largest absolute Gasteiger partial charge is 0.441 e. The summed E-state index contributed by atoms with van der Waals surface area (Å²) in [4.78, 5) is 27.2. The van der Waals surface area contributed by atoms with Crippen molar-refractivity contribution in [2.24, 2.45) is 0 Å². The highest BCUT2D eigenvalue weighted by Crippen LogP contribution is 2.45. The average molecular weight is 406 g/mol. The third-order valence-corrected chi connectivity index (χ3v) is 6.56. The fourth-order valence-electron chi connectivity index (χ4n) is 5.26. The fourth-order valence-corrected chi connectivity index (χ4v) is 5.26. The molecule has 1 amide bonds. The molecule has 2 aromatic carbocycles. The quantitative estimate of drug-likeness (QED) is 0.610. The summed E-state index contributed by atoms with van der Waals surface area (Å²) >= 11 is 0. The van der Waals surface area contributed by atoms with E-state index in [2.05, 4.69) is 12.1 Å². The van der Waals surface area contributed by atoms with Gasteiger partial charge in [0.1, 0.15) is 5.60 Å². The number of benzene rings is 2. The first-order chi connectivity index (χ1) is 14.5.